The van der Waals surface area contributed by atoms with Gasteiger partial charge in [0.25, 0.3) is 5.91 Å². The molecule has 2 rings (SSSR count). The molecule has 4 amide bonds. The second-order valence-electron chi connectivity index (χ2n) is 8.57. The molecule has 6 heteroatoms. The van der Waals surface area contributed by atoms with Crippen LogP contribution in [-0.4, -0.2) is 34.8 Å². The number of amides is 4. The maximum atomic E-state index is 13.0. The third-order valence-electron chi connectivity index (χ3n) is 5.54. The van der Waals surface area contributed by atoms with Crippen molar-refractivity contribution >= 4 is 23.5 Å². The van der Waals surface area contributed by atoms with Crippen molar-refractivity contribution in [2.75, 3.05) is 11.9 Å². The highest BCUT2D eigenvalue weighted by Crippen LogP contribution is 2.33. The van der Waals surface area contributed by atoms with E-state index in [4.69, 9.17) is 0 Å². The summed E-state index contributed by atoms with van der Waals surface area (Å²) in [5, 5.41) is 5.84. The standard InChI is InChI=1S/C23H35N3O3/c1-7-12-23(13-8-2)21(28)26(22(29)25-23)14-19(27)24-20-17(15(3)4)10-9-11-18(20)16(5)6/h9-11,15-16H,7-8,12-14H2,1-6H3,(H,24,27)(H,25,29). The lowest BCUT2D eigenvalue weighted by Crippen LogP contribution is -2.47. The van der Waals surface area contributed by atoms with E-state index in [-0.39, 0.29) is 30.2 Å². The number of hydrogen-bond acceptors (Lipinski definition) is 3. The molecular weight excluding hydrogens is 366 g/mol. The molecule has 1 saturated heterocycles. The van der Waals surface area contributed by atoms with Crippen LogP contribution in [0.15, 0.2) is 18.2 Å². The van der Waals surface area contributed by atoms with E-state index >= 15 is 0 Å². The van der Waals surface area contributed by atoms with Gasteiger partial charge in [-0.05, 0) is 35.8 Å². The molecule has 6 nitrogen and oxygen atoms in total. The van der Waals surface area contributed by atoms with E-state index in [9.17, 15) is 14.4 Å². The van der Waals surface area contributed by atoms with Crippen molar-refractivity contribution in [2.45, 2.75) is 84.6 Å². The Morgan fingerprint density at radius 2 is 1.55 bits per heavy atom. The van der Waals surface area contributed by atoms with Crippen molar-refractivity contribution in [1.82, 2.24) is 10.2 Å². The Morgan fingerprint density at radius 1 is 1.03 bits per heavy atom. The van der Waals surface area contributed by atoms with Crippen LogP contribution in [0, 0.1) is 0 Å². The normalized spacial score (nSPS) is 15.9. The molecule has 0 unspecified atom stereocenters. The minimum atomic E-state index is -0.875. The number of urea groups is 1. The number of nitrogens with zero attached hydrogens (tertiary/aromatic N) is 1. The van der Waals surface area contributed by atoms with E-state index in [0.717, 1.165) is 34.6 Å². The molecule has 0 aliphatic carbocycles. The fourth-order valence-electron chi connectivity index (χ4n) is 4.16. The summed E-state index contributed by atoms with van der Waals surface area (Å²) in [6.45, 7) is 12.0. The lowest BCUT2D eigenvalue weighted by Gasteiger charge is -2.25. The maximum absolute atomic E-state index is 13.0. The summed E-state index contributed by atoms with van der Waals surface area (Å²) in [7, 11) is 0. The smallest absolute Gasteiger partial charge is 0.324 e. The number of benzene rings is 1. The first-order valence-electron chi connectivity index (χ1n) is 10.7. The molecule has 0 bridgehead atoms. The van der Waals surface area contributed by atoms with E-state index in [0.29, 0.717) is 12.8 Å². The van der Waals surface area contributed by atoms with E-state index in [1.165, 1.54) is 0 Å². The first kappa shape index (κ1) is 22.9. The zero-order chi connectivity index (χ0) is 21.8. The van der Waals surface area contributed by atoms with E-state index in [1.54, 1.807) is 0 Å². The summed E-state index contributed by atoms with van der Waals surface area (Å²) in [6.07, 6.45) is 2.73. The number of hydrogen-bond donors (Lipinski definition) is 2. The van der Waals surface area contributed by atoms with Crippen molar-refractivity contribution in [3.63, 3.8) is 0 Å². The first-order valence-corrected chi connectivity index (χ1v) is 10.7. The molecule has 0 saturated carbocycles. The number of imide groups is 1. The Morgan fingerprint density at radius 3 is 2.00 bits per heavy atom. The number of para-hydroxylation sites is 1. The molecule has 0 aromatic heterocycles. The number of carbonyl (C=O) groups is 3. The number of nitrogens with one attached hydrogen (secondary N) is 2. The van der Waals surface area contributed by atoms with Crippen LogP contribution < -0.4 is 10.6 Å². The predicted octanol–water partition coefficient (Wildman–Crippen LogP) is 4.76. The van der Waals surface area contributed by atoms with Gasteiger partial charge in [0.15, 0.2) is 0 Å². The Labute approximate surface area is 174 Å². The summed E-state index contributed by atoms with van der Waals surface area (Å²) >= 11 is 0. The Balaban J connectivity index is 2.24. The summed E-state index contributed by atoms with van der Waals surface area (Å²) in [5.41, 5.74) is 2.02. The summed E-state index contributed by atoms with van der Waals surface area (Å²) in [4.78, 5) is 39.4. The van der Waals surface area contributed by atoms with E-state index in [2.05, 4.69) is 38.3 Å². The van der Waals surface area contributed by atoms with Gasteiger partial charge in [0, 0.05) is 5.69 Å². The Kier molecular flexibility index (Phi) is 7.44. The fraction of sp³-hybridized carbons (Fsp3) is 0.609. The Hall–Kier alpha value is -2.37. The largest absolute Gasteiger partial charge is 0.325 e. The number of anilines is 1. The van der Waals surface area contributed by atoms with Crippen molar-refractivity contribution in [3.05, 3.63) is 29.3 Å². The topological polar surface area (TPSA) is 78.5 Å². The molecule has 2 N–H and O–H groups in total. The SMILES string of the molecule is CCCC1(CCC)NC(=O)N(CC(=O)Nc2c(C(C)C)cccc2C(C)C)C1=O. The third-order valence-corrected chi connectivity index (χ3v) is 5.54. The van der Waals surface area contributed by atoms with Crippen LogP contribution in [0.5, 0.6) is 0 Å². The highest BCUT2D eigenvalue weighted by molar-refractivity contribution is 6.10. The van der Waals surface area contributed by atoms with Crippen LogP contribution in [0.4, 0.5) is 10.5 Å². The maximum Gasteiger partial charge on any atom is 0.325 e. The van der Waals surface area contributed by atoms with Crippen LogP contribution in [-0.2, 0) is 9.59 Å². The molecule has 1 aromatic rings. The van der Waals surface area contributed by atoms with E-state index in [1.807, 2.05) is 32.0 Å². The van der Waals surface area contributed by atoms with Gasteiger partial charge in [-0.25, -0.2) is 4.79 Å². The van der Waals surface area contributed by atoms with Gasteiger partial charge in [-0.2, -0.15) is 0 Å². The number of rotatable bonds is 9. The predicted molar refractivity (Wildman–Crippen MR) is 116 cm³/mol. The molecule has 1 aliphatic heterocycles. The monoisotopic (exact) mass is 401 g/mol. The molecule has 0 radical (unpaired) electrons. The van der Waals surface area contributed by atoms with Gasteiger partial charge in [0.2, 0.25) is 5.91 Å². The highest BCUT2D eigenvalue weighted by Gasteiger charge is 2.50. The van der Waals surface area contributed by atoms with Crippen LogP contribution in [0.3, 0.4) is 0 Å². The summed E-state index contributed by atoms with van der Waals surface area (Å²) in [5.74, 6) is -0.167. The average Bonchev–Trinajstić information content (AvgIpc) is 2.86. The van der Waals surface area contributed by atoms with Gasteiger partial charge in [0.05, 0.1) is 0 Å². The highest BCUT2D eigenvalue weighted by atomic mass is 16.2. The number of carbonyl (C=O) groups excluding carboxylic acids is 3. The van der Waals surface area contributed by atoms with Gasteiger partial charge < -0.3 is 10.6 Å². The van der Waals surface area contributed by atoms with Crippen LogP contribution in [0.1, 0.15) is 90.2 Å². The van der Waals surface area contributed by atoms with Crippen molar-refractivity contribution in [2.24, 2.45) is 0 Å². The quantitative estimate of drug-likeness (QED) is 0.586. The Bertz CT molecular complexity index is 738. The van der Waals surface area contributed by atoms with Gasteiger partial charge in [0.1, 0.15) is 12.1 Å². The fourth-order valence-corrected chi connectivity index (χ4v) is 4.16. The van der Waals surface area contributed by atoms with Gasteiger partial charge in [-0.1, -0.05) is 72.6 Å². The second kappa shape index (κ2) is 9.42. The van der Waals surface area contributed by atoms with Crippen LogP contribution in [0.25, 0.3) is 0 Å². The molecule has 29 heavy (non-hydrogen) atoms. The first-order chi connectivity index (χ1) is 13.7. The molecule has 0 atom stereocenters. The van der Waals surface area contributed by atoms with Crippen molar-refractivity contribution in [3.8, 4) is 0 Å². The van der Waals surface area contributed by atoms with Crippen molar-refractivity contribution < 1.29 is 14.4 Å². The lowest BCUT2D eigenvalue weighted by atomic mass is 9.88. The van der Waals surface area contributed by atoms with Gasteiger partial charge in [-0.15, -0.1) is 0 Å². The van der Waals surface area contributed by atoms with Crippen molar-refractivity contribution in [1.29, 1.82) is 0 Å². The van der Waals surface area contributed by atoms with Gasteiger partial charge in [-0.3, -0.25) is 14.5 Å². The third kappa shape index (κ3) is 4.80. The molecule has 1 aromatic carbocycles. The minimum absolute atomic E-state index is 0.238. The van der Waals surface area contributed by atoms with Crippen LogP contribution in [0.2, 0.25) is 0 Å². The zero-order valence-corrected chi connectivity index (χ0v) is 18.6. The summed E-state index contributed by atoms with van der Waals surface area (Å²) < 4.78 is 0. The molecular formula is C23H35N3O3. The summed E-state index contributed by atoms with van der Waals surface area (Å²) in [6, 6.07) is 5.54. The van der Waals surface area contributed by atoms with Gasteiger partial charge >= 0.3 is 6.03 Å². The van der Waals surface area contributed by atoms with Crippen LogP contribution >= 0.6 is 0 Å². The molecule has 160 valence electrons. The molecule has 1 aliphatic rings. The minimum Gasteiger partial charge on any atom is -0.324 e. The lowest BCUT2D eigenvalue weighted by molar-refractivity contribution is -0.134. The average molecular weight is 402 g/mol. The van der Waals surface area contributed by atoms with E-state index < -0.39 is 11.6 Å². The molecule has 1 heterocycles. The molecule has 1 fully saturated rings. The second-order valence-corrected chi connectivity index (χ2v) is 8.57. The molecule has 0 spiro atoms. The zero-order valence-electron chi connectivity index (χ0n) is 18.6.